The van der Waals surface area contributed by atoms with Crippen LogP contribution in [0.25, 0.3) is 0 Å². The monoisotopic (exact) mass is 409 g/mol. The van der Waals surface area contributed by atoms with Crippen molar-refractivity contribution in [2.75, 3.05) is 6.61 Å². The molecule has 0 aliphatic rings. The number of nitrogens with zero attached hydrogens (tertiary/aromatic N) is 1. The van der Waals surface area contributed by atoms with Gasteiger partial charge in [0.1, 0.15) is 18.1 Å². The normalized spacial score (nSPS) is 10.8. The highest BCUT2D eigenvalue weighted by Gasteiger charge is 1.97. The number of ether oxygens (including phenoxy) is 2. The van der Waals surface area contributed by atoms with Crippen molar-refractivity contribution in [1.82, 2.24) is 0 Å². The molecule has 0 N–H and O–H groups in total. The molecule has 0 aliphatic heterocycles. The van der Waals surface area contributed by atoms with Crippen LogP contribution in [0.4, 0.5) is 5.69 Å². The fourth-order valence-corrected chi connectivity index (χ4v) is 2.61. The number of aliphatic imine (C=N–C) groups is 1. The second-order valence-electron chi connectivity index (χ2n) is 5.67. The second-order valence-corrected chi connectivity index (χ2v) is 6.58. The molecule has 0 radical (unpaired) electrons. The predicted octanol–water partition coefficient (Wildman–Crippen LogP) is 6.18. The maximum atomic E-state index is 5.81. The summed E-state index contributed by atoms with van der Waals surface area (Å²) in [6.07, 6.45) is 1.84. The minimum Gasteiger partial charge on any atom is -0.494 e. The number of benzene rings is 3. The molecule has 0 saturated heterocycles. The summed E-state index contributed by atoms with van der Waals surface area (Å²) in [5.41, 5.74) is 3.05. The zero-order chi connectivity index (χ0) is 18.2. The molecule has 0 atom stereocenters. The van der Waals surface area contributed by atoms with Crippen LogP contribution in [0.2, 0.25) is 0 Å². The van der Waals surface area contributed by atoms with E-state index in [-0.39, 0.29) is 0 Å². The van der Waals surface area contributed by atoms with E-state index in [4.69, 9.17) is 9.47 Å². The Morgan fingerprint density at radius 2 is 1.42 bits per heavy atom. The van der Waals surface area contributed by atoms with Gasteiger partial charge in [-0.25, -0.2) is 0 Å². The molecule has 3 nitrogen and oxygen atoms in total. The van der Waals surface area contributed by atoms with Crippen molar-refractivity contribution in [1.29, 1.82) is 0 Å². The minimum atomic E-state index is 0.549. The Labute approximate surface area is 162 Å². The van der Waals surface area contributed by atoms with Gasteiger partial charge >= 0.3 is 0 Å². The summed E-state index contributed by atoms with van der Waals surface area (Å²) >= 11 is 3.43. The highest BCUT2D eigenvalue weighted by Crippen LogP contribution is 2.19. The SMILES string of the molecule is CCOc1ccc(N=Cc2ccc(OCc3ccc(Br)cc3)cc2)cc1. The van der Waals surface area contributed by atoms with Crippen LogP contribution in [0.3, 0.4) is 0 Å². The van der Waals surface area contributed by atoms with Gasteiger partial charge in [-0.1, -0.05) is 28.1 Å². The zero-order valence-corrected chi connectivity index (χ0v) is 16.1. The van der Waals surface area contributed by atoms with Gasteiger partial charge in [-0.2, -0.15) is 0 Å². The first-order valence-corrected chi connectivity index (χ1v) is 9.26. The molecule has 4 heteroatoms. The third kappa shape index (κ3) is 5.46. The molecule has 0 heterocycles. The summed E-state index contributed by atoms with van der Waals surface area (Å²) in [6, 6.07) is 23.8. The highest BCUT2D eigenvalue weighted by atomic mass is 79.9. The first-order chi connectivity index (χ1) is 12.7. The van der Waals surface area contributed by atoms with Crippen LogP contribution >= 0.6 is 15.9 Å². The molecule has 0 fully saturated rings. The van der Waals surface area contributed by atoms with E-state index in [1.807, 2.05) is 85.9 Å². The van der Waals surface area contributed by atoms with Crippen LogP contribution in [0, 0.1) is 0 Å². The average molecular weight is 410 g/mol. The van der Waals surface area contributed by atoms with E-state index in [0.717, 1.165) is 32.8 Å². The predicted molar refractivity (Wildman–Crippen MR) is 110 cm³/mol. The van der Waals surface area contributed by atoms with E-state index in [1.54, 1.807) is 0 Å². The lowest BCUT2D eigenvalue weighted by Gasteiger charge is -2.06. The fourth-order valence-electron chi connectivity index (χ4n) is 2.34. The first-order valence-electron chi connectivity index (χ1n) is 8.47. The van der Waals surface area contributed by atoms with Crippen LogP contribution in [-0.4, -0.2) is 12.8 Å². The second kappa shape index (κ2) is 9.20. The molecule has 0 saturated carbocycles. The summed E-state index contributed by atoms with van der Waals surface area (Å²) in [5.74, 6) is 1.70. The maximum absolute atomic E-state index is 5.81. The topological polar surface area (TPSA) is 30.8 Å². The number of rotatable bonds is 7. The molecular weight excluding hydrogens is 390 g/mol. The van der Waals surface area contributed by atoms with Crippen molar-refractivity contribution in [3.8, 4) is 11.5 Å². The smallest absolute Gasteiger partial charge is 0.119 e. The lowest BCUT2D eigenvalue weighted by Crippen LogP contribution is -1.95. The van der Waals surface area contributed by atoms with Crippen molar-refractivity contribution in [3.05, 3.63) is 88.4 Å². The molecule has 0 unspecified atom stereocenters. The zero-order valence-electron chi connectivity index (χ0n) is 14.6. The van der Waals surface area contributed by atoms with Crippen LogP contribution in [0.5, 0.6) is 11.5 Å². The van der Waals surface area contributed by atoms with Gasteiger partial charge in [-0.15, -0.1) is 0 Å². The summed E-state index contributed by atoms with van der Waals surface area (Å²) in [6.45, 7) is 3.18. The molecule has 0 spiro atoms. The van der Waals surface area contributed by atoms with E-state index in [1.165, 1.54) is 0 Å². The van der Waals surface area contributed by atoms with Crippen LogP contribution in [0.15, 0.2) is 82.3 Å². The van der Waals surface area contributed by atoms with Gasteiger partial charge in [-0.05, 0) is 78.7 Å². The van der Waals surface area contributed by atoms with Gasteiger partial charge in [0, 0.05) is 10.7 Å². The van der Waals surface area contributed by atoms with Crippen molar-refractivity contribution in [2.45, 2.75) is 13.5 Å². The van der Waals surface area contributed by atoms with Gasteiger partial charge in [0.2, 0.25) is 0 Å². The Hall–Kier alpha value is -2.59. The van der Waals surface area contributed by atoms with E-state index in [0.29, 0.717) is 13.2 Å². The largest absolute Gasteiger partial charge is 0.494 e. The molecule has 0 amide bonds. The molecular formula is C22H20BrNO2. The summed E-state index contributed by atoms with van der Waals surface area (Å²) in [4.78, 5) is 4.48. The fraction of sp³-hybridized carbons (Fsp3) is 0.136. The summed E-state index contributed by atoms with van der Waals surface area (Å²) in [5, 5.41) is 0. The average Bonchev–Trinajstić information content (AvgIpc) is 2.68. The van der Waals surface area contributed by atoms with Crippen molar-refractivity contribution in [2.24, 2.45) is 4.99 Å². The molecule has 0 aromatic heterocycles. The molecule has 3 aromatic rings. The van der Waals surface area contributed by atoms with Crippen molar-refractivity contribution in [3.63, 3.8) is 0 Å². The standard InChI is InChI=1S/C22H20BrNO2/c1-2-25-21-13-9-20(10-14-21)24-15-17-5-11-22(12-6-17)26-16-18-3-7-19(23)8-4-18/h3-15H,2,16H2,1H3. The summed E-state index contributed by atoms with van der Waals surface area (Å²) < 4.78 is 12.3. The highest BCUT2D eigenvalue weighted by molar-refractivity contribution is 9.10. The van der Waals surface area contributed by atoms with E-state index < -0.39 is 0 Å². The van der Waals surface area contributed by atoms with E-state index in [9.17, 15) is 0 Å². The van der Waals surface area contributed by atoms with Gasteiger partial charge in [0.05, 0.1) is 12.3 Å². The van der Waals surface area contributed by atoms with E-state index >= 15 is 0 Å². The number of halogens is 1. The molecule has 132 valence electrons. The van der Waals surface area contributed by atoms with Crippen LogP contribution < -0.4 is 9.47 Å². The van der Waals surface area contributed by atoms with E-state index in [2.05, 4.69) is 20.9 Å². The Kier molecular flexibility index (Phi) is 6.45. The van der Waals surface area contributed by atoms with Crippen molar-refractivity contribution >= 4 is 27.8 Å². The van der Waals surface area contributed by atoms with Gasteiger partial charge in [0.25, 0.3) is 0 Å². The Morgan fingerprint density at radius 1 is 0.808 bits per heavy atom. The maximum Gasteiger partial charge on any atom is 0.119 e. The molecule has 3 aromatic carbocycles. The minimum absolute atomic E-state index is 0.549. The Bertz CT molecular complexity index is 841. The van der Waals surface area contributed by atoms with Crippen LogP contribution in [0.1, 0.15) is 18.1 Å². The molecule has 0 aliphatic carbocycles. The third-order valence-corrected chi connectivity index (χ3v) is 4.24. The molecule has 0 bridgehead atoms. The first kappa shape index (κ1) is 18.2. The molecule has 3 rings (SSSR count). The van der Waals surface area contributed by atoms with Gasteiger partial charge in [-0.3, -0.25) is 4.99 Å². The number of hydrogen-bond donors (Lipinski definition) is 0. The third-order valence-electron chi connectivity index (χ3n) is 3.71. The Morgan fingerprint density at radius 3 is 2.08 bits per heavy atom. The number of hydrogen-bond acceptors (Lipinski definition) is 3. The lowest BCUT2D eigenvalue weighted by molar-refractivity contribution is 0.306. The van der Waals surface area contributed by atoms with Gasteiger partial charge in [0.15, 0.2) is 0 Å². The van der Waals surface area contributed by atoms with Gasteiger partial charge < -0.3 is 9.47 Å². The van der Waals surface area contributed by atoms with Crippen LogP contribution in [-0.2, 0) is 6.61 Å². The van der Waals surface area contributed by atoms with Crippen molar-refractivity contribution < 1.29 is 9.47 Å². The molecule has 26 heavy (non-hydrogen) atoms. The quantitative estimate of drug-likeness (QED) is 0.436. The lowest BCUT2D eigenvalue weighted by atomic mass is 10.2. The summed E-state index contributed by atoms with van der Waals surface area (Å²) in [7, 11) is 0. The Balaban J connectivity index is 1.55.